The van der Waals surface area contributed by atoms with Gasteiger partial charge in [0.1, 0.15) is 0 Å². The van der Waals surface area contributed by atoms with Gasteiger partial charge in [-0.2, -0.15) is 0 Å². The van der Waals surface area contributed by atoms with E-state index in [1.807, 2.05) is 0 Å². The van der Waals surface area contributed by atoms with Crippen molar-refractivity contribution in [3.8, 4) is 0 Å². The van der Waals surface area contributed by atoms with Crippen molar-refractivity contribution < 1.29 is 14.4 Å². The van der Waals surface area contributed by atoms with Gasteiger partial charge in [0.05, 0.1) is 0 Å². The van der Waals surface area contributed by atoms with Crippen molar-refractivity contribution in [2.45, 2.75) is 52.4 Å². The first-order valence-electron chi connectivity index (χ1n) is 8.38. The van der Waals surface area contributed by atoms with Crippen LogP contribution in [-0.4, -0.2) is 53.7 Å². The minimum absolute atomic E-state index is 0.171. The summed E-state index contributed by atoms with van der Waals surface area (Å²) < 4.78 is 0. The maximum absolute atomic E-state index is 12.4. The minimum Gasteiger partial charge on any atom is -0.369 e. The van der Waals surface area contributed by atoms with Crippen molar-refractivity contribution in [1.29, 1.82) is 0 Å². The zero-order valence-corrected chi connectivity index (χ0v) is 13.8. The van der Waals surface area contributed by atoms with Crippen molar-refractivity contribution in [2.24, 2.45) is 11.7 Å². The number of nitrogens with zero attached hydrogens (tertiary/aromatic N) is 2. The Hall–Kier alpha value is -1.59. The Morgan fingerprint density at radius 3 is 1.95 bits per heavy atom. The average molecular weight is 311 g/mol. The number of piperidine rings is 1. The van der Waals surface area contributed by atoms with Crippen LogP contribution in [0.1, 0.15) is 52.4 Å². The van der Waals surface area contributed by atoms with Crippen LogP contribution in [0.4, 0.5) is 0 Å². The second-order valence-electron chi connectivity index (χ2n) is 5.97. The van der Waals surface area contributed by atoms with E-state index in [2.05, 4.69) is 13.8 Å². The second kappa shape index (κ2) is 9.43. The van der Waals surface area contributed by atoms with E-state index in [9.17, 15) is 14.4 Å². The molecule has 0 aromatic carbocycles. The number of primary amides is 1. The van der Waals surface area contributed by atoms with E-state index in [0.717, 1.165) is 25.7 Å². The van der Waals surface area contributed by atoms with Gasteiger partial charge in [-0.05, 0) is 25.7 Å². The third-order valence-corrected chi connectivity index (χ3v) is 4.22. The molecule has 0 bridgehead atoms. The third-order valence-electron chi connectivity index (χ3n) is 4.22. The monoisotopic (exact) mass is 311 g/mol. The second-order valence-corrected chi connectivity index (χ2v) is 5.97. The summed E-state index contributed by atoms with van der Waals surface area (Å²) in [4.78, 5) is 39.2. The molecule has 0 aromatic heterocycles. The first-order valence-corrected chi connectivity index (χ1v) is 8.38. The number of carbonyl (C=O) groups excluding carboxylic acids is 3. The highest BCUT2D eigenvalue weighted by Crippen LogP contribution is 2.17. The molecule has 6 nitrogen and oxygen atoms in total. The van der Waals surface area contributed by atoms with Gasteiger partial charge in [-0.15, -0.1) is 0 Å². The standard InChI is InChI=1S/C16H29N3O3/c1-3-5-9-18(10-6-4-2)15(21)16(22)19-11-7-13(8-12-19)14(17)20/h13H,3-12H2,1-2H3,(H2,17,20). The van der Waals surface area contributed by atoms with Gasteiger partial charge in [0.15, 0.2) is 0 Å². The topological polar surface area (TPSA) is 83.7 Å². The van der Waals surface area contributed by atoms with E-state index >= 15 is 0 Å². The summed E-state index contributed by atoms with van der Waals surface area (Å²) in [5.41, 5.74) is 5.29. The molecule has 1 saturated heterocycles. The molecule has 1 rings (SSSR count). The number of unbranched alkanes of at least 4 members (excludes halogenated alkanes) is 2. The number of likely N-dealkylation sites (tertiary alicyclic amines) is 1. The highest BCUT2D eigenvalue weighted by Gasteiger charge is 2.31. The Balaban J connectivity index is 2.57. The number of amides is 3. The number of hydrogen-bond acceptors (Lipinski definition) is 3. The van der Waals surface area contributed by atoms with Gasteiger partial charge in [0.2, 0.25) is 5.91 Å². The lowest BCUT2D eigenvalue weighted by Crippen LogP contribution is -2.49. The van der Waals surface area contributed by atoms with Gasteiger partial charge in [-0.1, -0.05) is 26.7 Å². The number of carbonyl (C=O) groups is 3. The molecule has 0 unspecified atom stereocenters. The molecule has 1 aliphatic rings. The Kier molecular flexibility index (Phi) is 7.91. The van der Waals surface area contributed by atoms with Crippen LogP contribution in [-0.2, 0) is 14.4 Å². The summed E-state index contributed by atoms with van der Waals surface area (Å²) in [6.07, 6.45) is 4.91. The van der Waals surface area contributed by atoms with Crippen LogP contribution in [0.5, 0.6) is 0 Å². The zero-order chi connectivity index (χ0) is 16.5. The van der Waals surface area contributed by atoms with Crippen molar-refractivity contribution in [3.05, 3.63) is 0 Å². The van der Waals surface area contributed by atoms with E-state index < -0.39 is 11.8 Å². The molecular weight excluding hydrogens is 282 g/mol. The van der Waals surface area contributed by atoms with Crippen molar-refractivity contribution in [3.63, 3.8) is 0 Å². The fraction of sp³-hybridized carbons (Fsp3) is 0.812. The summed E-state index contributed by atoms with van der Waals surface area (Å²) in [5.74, 6) is -1.32. The molecule has 126 valence electrons. The van der Waals surface area contributed by atoms with Crippen LogP contribution in [0, 0.1) is 5.92 Å². The van der Waals surface area contributed by atoms with Crippen LogP contribution >= 0.6 is 0 Å². The van der Waals surface area contributed by atoms with Crippen molar-refractivity contribution >= 4 is 17.7 Å². The van der Waals surface area contributed by atoms with Crippen LogP contribution in [0.2, 0.25) is 0 Å². The highest BCUT2D eigenvalue weighted by atomic mass is 16.2. The smallest absolute Gasteiger partial charge is 0.312 e. The van der Waals surface area contributed by atoms with Gasteiger partial charge in [-0.3, -0.25) is 14.4 Å². The molecule has 1 heterocycles. The Bertz CT molecular complexity index is 382. The Labute approximate surface area is 133 Å². The third kappa shape index (κ3) is 5.31. The maximum Gasteiger partial charge on any atom is 0.312 e. The van der Waals surface area contributed by atoms with E-state index in [4.69, 9.17) is 5.73 Å². The van der Waals surface area contributed by atoms with Crippen LogP contribution in [0.25, 0.3) is 0 Å². The van der Waals surface area contributed by atoms with E-state index in [0.29, 0.717) is 39.0 Å². The molecule has 0 atom stereocenters. The minimum atomic E-state index is -0.435. The van der Waals surface area contributed by atoms with Crippen LogP contribution in [0.15, 0.2) is 0 Å². The lowest BCUT2D eigenvalue weighted by atomic mass is 9.96. The molecule has 22 heavy (non-hydrogen) atoms. The quantitative estimate of drug-likeness (QED) is 0.716. The zero-order valence-electron chi connectivity index (χ0n) is 13.8. The van der Waals surface area contributed by atoms with Crippen molar-refractivity contribution in [2.75, 3.05) is 26.2 Å². The van der Waals surface area contributed by atoms with E-state index in [-0.39, 0.29) is 11.8 Å². The van der Waals surface area contributed by atoms with Gasteiger partial charge < -0.3 is 15.5 Å². The average Bonchev–Trinajstić information content (AvgIpc) is 2.53. The van der Waals surface area contributed by atoms with Crippen LogP contribution in [0.3, 0.4) is 0 Å². The molecule has 0 aromatic rings. The van der Waals surface area contributed by atoms with Gasteiger partial charge in [0, 0.05) is 32.1 Å². The van der Waals surface area contributed by atoms with Gasteiger partial charge in [0.25, 0.3) is 0 Å². The summed E-state index contributed by atoms with van der Waals surface area (Å²) in [5, 5.41) is 0. The SMILES string of the molecule is CCCCN(CCCC)C(=O)C(=O)N1CCC(C(N)=O)CC1. The lowest BCUT2D eigenvalue weighted by molar-refractivity contribution is -0.153. The van der Waals surface area contributed by atoms with Gasteiger partial charge >= 0.3 is 11.8 Å². The molecule has 3 amide bonds. The van der Waals surface area contributed by atoms with Crippen LogP contribution < -0.4 is 5.73 Å². The summed E-state index contributed by atoms with van der Waals surface area (Å²) in [6, 6.07) is 0. The normalized spacial score (nSPS) is 15.6. The van der Waals surface area contributed by atoms with Gasteiger partial charge in [-0.25, -0.2) is 0 Å². The molecular formula is C16H29N3O3. The predicted molar refractivity (Wildman–Crippen MR) is 84.9 cm³/mol. The summed E-state index contributed by atoms with van der Waals surface area (Å²) in [6.45, 7) is 6.29. The largest absolute Gasteiger partial charge is 0.369 e. The summed E-state index contributed by atoms with van der Waals surface area (Å²) in [7, 11) is 0. The molecule has 0 spiro atoms. The number of rotatable bonds is 7. The maximum atomic E-state index is 12.4. The number of nitrogens with two attached hydrogens (primary N) is 1. The molecule has 6 heteroatoms. The molecule has 2 N–H and O–H groups in total. The predicted octanol–water partition coefficient (Wildman–Crippen LogP) is 1.14. The fourth-order valence-corrected chi connectivity index (χ4v) is 2.65. The first-order chi connectivity index (χ1) is 10.5. The molecule has 0 saturated carbocycles. The Morgan fingerprint density at radius 1 is 1.05 bits per heavy atom. The molecule has 1 aliphatic heterocycles. The summed E-state index contributed by atoms with van der Waals surface area (Å²) >= 11 is 0. The van der Waals surface area contributed by atoms with Crippen molar-refractivity contribution in [1.82, 2.24) is 9.80 Å². The molecule has 1 fully saturated rings. The van der Waals surface area contributed by atoms with E-state index in [1.165, 1.54) is 0 Å². The molecule has 0 aliphatic carbocycles. The Morgan fingerprint density at radius 2 is 1.55 bits per heavy atom. The first kappa shape index (κ1) is 18.5. The number of hydrogen-bond donors (Lipinski definition) is 1. The fourth-order valence-electron chi connectivity index (χ4n) is 2.65. The molecule has 0 radical (unpaired) electrons. The van der Waals surface area contributed by atoms with E-state index in [1.54, 1.807) is 9.80 Å². The highest BCUT2D eigenvalue weighted by molar-refractivity contribution is 6.34. The lowest BCUT2D eigenvalue weighted by Gasteiger charge is -2.32.